The quantitative estimate of drug-likeness (QED) is 0.726. The Kier molecular flexibility index (Phi) is 2.87. The van der Waals surface area contributed by atoms with Gasteiger partial charge < -0.3 is 5.73 Å². The maximum absolute atomic E-state index is 6.22. The lowest BCUT2D eigenvalue weighted by atomic mass is 9.86. The highest BCUT2D eigenvalue weighted by molar-refractivity contribution is 7.17. The highest BCUT2D eigenvalue weighted by Crippen LogP contribution is 2.31. The molecule has 2 aromatic heterocycles. The van der Waals surface area contributed by atoms with Crippen molar-refractivity contribution in [3.05, 3.63) is 40.9 Å². The first-order valence-electron chi connectivity index (χ1n) is 6.71. The minimum Gasteiger partial charge on any atom is -0.383 e. The van der Waals surface area contributed by atoms with Gasteiger partial charge in [-0.15, -0.1) is 11.3 Å². The number of benzene rings is 1. The average Bonchev–Trinajstić information content (AvgIpc) is 2.87. The van der Waals surface area contributed by atoms with Crippen molar-refractivity contribution in [3.63, 3.8) is 0 Å². The van der Waals surface area contributed by atoms with Gasteiger partial charge in [-0.2, -0.15) is 0 Å². The van der Waals surface area contributed by atoms with Gasteiger partial charge in [0.1, 0.15) is 11.5 Å². The van der Waals surface area contributed by atoms with Crippen LogP contribution in [0, 0.1) is 6.92 Å². The molecule has 0 fully saturated rings. The van der Waals surface area contributed by atoms with Gasteiger partial charge >= 0.3 is 0 Å². The van der Waals surface area contributed by atoms with E-state index in [0.29, 0.717) is 5.82 Å². The number of nitrogens with zero attached hydrogens (tertiary/aromatic N) is 2. The molecule has 0 atom stereocenters. The van der Waals surface area contributed by atoms with E-state index in [2.05, 4.69) is 56.9 Å². The number of nitrogens with two attached hydrogens (primary N) is 1. The number of hydrogen-bond donors (Lipinski definition) is 1. The molecule has 3 rings (SSSR count). The predicted octanol–water partition coefficient (Wildman–Crippen LogP) is 4.25. The van der Waals surface area contributed by atoms with Crippen LogP contribution in [0.1, 0.15) is 31.2 Å². The number of hydrogen-bond acceptors (Lipinski definition) is 3. The van der Waals surface area contributed by atoms with Crippen LogP contribution in [-0.4, -0.2) is 9.38 Å². The molecule has 20 heavy (non-hydrogen) atoms. The molecule has 0 saturated heterocycles. The summed E-state index contributed by atoms with van der Waals surface area (Å²) in [6.07, 6.45) is 2.04. The summed E-state index contributed by atoms with van der Waals surface area (Å²) in [5.74, 6) is 0.716. The number of aromatic nitrogens is 2. The van der Waals surface area contributed by atoms with Gasteiger partial charge in [-0.1, -0.05) is 45.0 Å². The maximum Gasteiger partial charge on any atom is 0.196 e. The summed E-state index contributed by atoms with van der Waals surface area (Å²) in [6.45, 7) is 8.71. The molecular weight excluding hydrogens is 266 g/mol. The number of nitrogen functional groups attached to an aromatic ring is 1. The Labute approximate surface area is 123 Å². The summed E-state index contributed by atoms with van der Waals surface area (Å²) in [7, 11) is 0. The molecule has 3 aromatic rings. The lowest BCUT2D eigenvalue weighted by Crippen LogP contribution is -2.10. The first kappa shape index (κ1) is 13.2. The zero-order valence-electron chi connectivity index (χ0n) is 12.3. The van der Waals surface area contributed by atoms with Crippen LogP contribution >= 0.6 is 11.3 Å². The molecule has 0 aliphatic carbocycles. The number of imidazole rings is 1. The first-order chi connectivity index (χ1) is 9.36. The monoisotopic (exact) mass is 285 g/mol. The molecule has 104 valence electrons. The van der Waals surface area contributed by atoms with Crippen LogP contribution in [-0.2, 0) is 5.41 Å². The van der Waals surface area contributed by atoms with Crippen molar-refractivity contribution in [1.82, 2.24) is 9.38 Å². The van der Waals surface area contributed by atoms with Crippen molar-refractivity contribution in [1.29, 1.82) is 0 Å². The normalized spacial score (nSPS) is 12.2. The van der Waals surface area contributed by atoms with Crippen LogP contribution < -0.4 is 5.73 Å². The second-order valence-corrected chi connectivity index (χ2v) is 7.38. The second kappa shape index (κ2) is 4.35. The van der Waals surface area contributed by atoms with Crippen molar-refractivity contribution in [2.45, 2.75) is 33.1 Å². The predicted molar refractivity (Wildman–Crippen MR) is 86.4 cm³/mol. The molecule has 0 spiro atoms. The van der Waals surface area contributed by atoms with E-state index >= 15 is 0 Å². The fraction of sp³-hybridized carbons (Fsp3) is 0.312. The molecular formula is C16H19N3S. The molecule has 0 aliphatic heterocycles. The smallest absolute Gasteiger partial charge is 0.196 e. The van der Waals surface area contributed by atoms with E-state index in [9.17, 15) is 0 Å². The Balaban J connectivity index is 2.07. The van der Waals surface area contributed by atoms with E-state index in [1.165, 1.54) is 10.4 Å². The largest absolute Gasteiger partial charge is 0.383 e. The standard InChI is InChI=1S/C16H19N3S/c1-10-9-19-14(17)13(18-15(19)20-10)11-5-7-12(8-6-11)16(2,3)4/h5-9H,17H2,1-4H3. The van der Waals surface area contributed by atoms with Crippen molar-refractivity contribution >= 4 is 22.1 Å². The summed E-state index contributed by atoms with van der Waals surface area (Å²) in [6, 6.07) is 8.54. The third-order valence-corrected chi connectivity index (χ3v) is 4.40. The van der Waals surface area contributed by atoms with Crippen LogP contribution in [0.15, 0.2) is 30.5 Å². The van der Waals surface area contributed by atoms with E-state index in [1.807, 2.05) is 10.6 Å². The minimum atomic E-state index is 0.162. The van der Waals surface area contributed by atoms with Crippen LogP contribution in [0.3, 0.4) is 0 Å². The van der Waals surface area contributed by atoms with Crippen LogP contribution in [0.2, 0.25) is 0 Å². The summed E-state index contributed by atoms with van der Waals surface area (Å²) < 4.78 is 1.97. The summed E-state index contributed by atoms with van der Waals surface area (Å²) in [5.41, 5.74) is 9.64. The van der Waals surface area contributed by atoms with Gasteiger partial charge in [-0.05, 0) is 17.9 Å². The summed E-state index contributed by atoms with van der Waals surface area (Å²) >= 11 is 1.66. The van der Waals surface area contributed by atoms with Gasteiger partial charge in [0.15, 0.2) is 4.96 Å². The second-order valence-electron chi connectivity index (χ2n) is 6.17. The summed E-state index contributed by atoms with van der Waals surface area (Å²) in [5, 5.41) is 0. The lowest BCUT2D eigenvalue weighted by Gasteiger charge is -2.18. The van der Waals surface area contributed by atoms with Crippen LogP contribution in [0.4, 0.5) is 5.82 Å². The molecule has 0 saturated carbocycles. The van der Waals surface area contributed by atoms with Gasteiger partial charge in [0, 0.05) is 16.6 Å². The van der Waals surface area contributed by atoms with Gasteiger partial charge in [0.05, 0.1) is 0 Å². The lowest BCUT2D eigenvalue weighted by molar-refractivity contribution is 0.590. The molecule has 4 heteroatoms. The summed E-state index contributed by atoms with van der Waals surface area (Å²) in [4.78, 5) is 6.82. The molecule has 3 nitrogen and oxygen atoms in total. The highest BCUT2D eigenvalue weighted by atomic mass is 32.1. The Morgan fingerprint density at radius 2 is 1.80 bits per heavy atom. The van der Waals surface area contributed by atoms with Gasteiger partial charge in [-0.25, -0.2) is 4.98 Å². The fourth-order valence-corrected chi connectivity index (χ4v) is 3.15. The van der Waals surface area contributed by atoms with Crippen molar-refractivity contribution in [3.8, 4) is 11.3 Å². The molecule has 2 N–H and O–H groups in total. The number of fused-ring (bicyclic) bond motifs is 1. The average molecular weight is 285 g/mol. The first-order valence-corrected chi connectivity index (χ1v) is 7.53. The minimum absolute atomic E-state index is 0.162. The van der Waals surface area contributed by atoms with E-state index < -0.39 is 0 Å². The zero-order chi connectivity index (χ0) is 14.5. The zero-order valence-corrected chi connectivity index (χ0v) is 13.1. The molecule has 0 bridgehead atoms. The Morgan fingerprint density at radius 1 is 1.15 bits per heavy atom. The third kappa shape index (κ3) is 2.10. The Morgan fingerprint density at radius 3 is 2.35 bits per heavy atom. The number of rotatable bonds is 1. The number of anilines is 1. The number of thiazole rings is 1. The maximum atomic E-state index is 6.22. The fourth-order valence-electron chi connectivity index (χ4n) is 2.31. The Hall–Kier alpha value is -1.81. The molecule has 0 unspecified atom stereocenters. The van der Waals surface area contributed by atoms with E-state index in [4.69, 9.17) is 5.73 Å². The number of aryl methyl sites for hydroxylation is 1. The SMILES string of the molecule is Cc1cn2c(N)c(-c3ccc(C(C)(C)C)cc3)nc2s1. The molecule has 0 aliphatic rings. The Bertz CT molecular complexity index is 757. The van der Waals surface area contributed by atoms with Crippen LogP contribution in [0.25, 0.3) is 16.2 Å². The van der Waals surface area contributed by atoms with Crippen molar-refractivity contribution in [2.75, 3.05) is 5.73 Å². The van der Waals surface area contributed by atoms with Crippen molar-refractivity contribution in [2.24, 2.45) is 0 Å². The van der Waals surface area contributed by atoms with Gasteiger partial charge in [0.2, 0.25) is 0 Å². The molecule has 0 amide bonds. The topological polar surface area (TPSA) is 43.3 Å². The van der Waals surface area contributed by atoms with Gasteiger partial charge in [-0.3, -0.25) is 4.40 Å². The highest BCUT2D eigenvalue weighted by Gasteiger charge is 2.16. The van der Waals surface area contributed by atoms with E-state index in [-0.39, 0.29) is 5.41 Å². The van der Waals surface area contributed by atoms with E-state index in [0.717, 1.165) is 16.2 Å². The van der Waals surface area contributed by atoms with Crippen LogP contribution in [0.5, 0.6) is 0 Å². The van der Waals surface area contributed by atoms with Gasteiger partial charge in [0.25, 0.3) is 0 Å². The molecule has 2 heterocycles. The molecule has 1 aromatic carbocycles. The van der Waals surface area contributed by atoms with E-state index in [1.54, 1.807) is 11.3 Å². The molecule has 0 radical (unpaired) electrons. The van der Waals surface area contributed by atoms with Crippen molar-refractivity contribution < 1.29 is 0 Å². The third-order valence-electron chi connectivity index (χ3n) is 3.50.